The van der Waals surface area contributed by atoms with Gasteiger partial charge in [-0.15, -0.1) is 0 Å². The summed E-state index contributed by atoms with van der Waals surface area (Å²) in [7, 11) is 0. The van der Waals surface area contributed by atoms with Crippen molar-refractivity contribution in [3.63, 3.8) is 0 Å². The van der Waals surface area contributed by atoms with Crippen LogP contribution in [0.1, 0.15) is 29.8 Å². The first kappa shape index (κ1) is 26.4. The predicted molar refractivity (Wildman–Crippen MR) is 146 cm³/mol. The number of pyridine rings is 1. The summed E-state index contributed by atoms with van der Waals surface area (Å²) >= 11 is 0. The molecule has 2 fully saturated rings. The molecule has 1 aromatic heterocycles. The first-order chi connectivity index (χ1) is 19.0. The summed E-state index contributed by atoms with van der Waals surface area (Å²) in [6, 6.07) is 13.0. The number of piperazine rings is 2. The molecule has 0 atom stereocenters. The molecule has 2 aliphatic heterocycles. The zero-order chi connectivity index (χ0) is 27.4. The highest BCUT2D eigenvalue weighted by Gasteiger charge is 2.26. The molecule has 2 saturated heterocycles. The number of benzene rings is 1. The molecule has 0 bridgehead atoms. The third-order valence-electron chi connectivity index (χ3n) is 7.64. The van der Waals surface area contributed by atoms with Gasteiger partial charge in [0, 0.05) is 65.0 Å². The van der Waals surface area contributed by atoms with Crippen molar-refractivity contribution < 1.29 is 8.78 Å². The highest BCUT2D eigenvalue weighted by atomic mass is 19.1. The van der Waals surface area contributed by atoms with Gasteiger partial charge in [-0.25, -0.2) is 13.8 Å². The first-order valence-electron chi connectivity index (χ1n) is 13.3. The number of hydrogen-bond donors (Lipinski definition) is 0. The van der Waals surface area contributed by atoms with E-state index in [9.17, 15) is 19.3 Å². The lowest BCUT2D eigenvalue weighted by Crippen LogP contribution is -2.46. The molecule has 3 heterocycles. The second kappa shape index (κ2) is 11.7. The van der Waals surface area contributed by atoms with Gasteiger partial charge in [0.2, 0.25) is 0 Å². The molecule has 1 aromatic carbocycles. The summed E-state index contributed by atoms with van der Waals surface area (Å²) in [6.45, 7) is 9.69. The Bertz CT molecular complexity index is 1380. The number of halogens is 2. The number of nitriles is 2. The fourth-order valence-electron chi connectivity index (χ4n) is 5.45. The normalized spacial score (nSPS) is 18.2. The molecule has 0 saturated carbocycles. The van der Waals surface area contributed by atoms with Crippen LogP contribution < -0.4 is 4.90 Å². The summed E-state index contributed by atoms with van der Waals surface area (Å²) in [5, 5.41) is 18.9. The molecular formula is C30H31F2N7. The third kappa shape index (κ3) is 5.64. The van der Waals surface area contributed by atoms with Gasteiger partial charge in [-0.3, -0.25) is 4.90 Å². The zero-order valence-corrected chi connectivity index (χ0v) is 21.9. The van der Waals surface area contributed by atoms with Crippen molar-refractivity contribution in [3.05, 3.63) is 88.9 Å². The minimum absolute atomic E-state index is 0.0796. The topological polar surface area (TPSA) is 73.4 Å². The van der Waals surface area contributed by atoms with Gasteiger partial charge in [0.1, 0.15) is 23.6 Å². The lowest BCUT2D eigenvalue weighted by atomic mass is 10.0. The summed E-state index contributed by atoms with van der Waals surface area (Å²) in [6.07, 6.45) is 5.89. The minimum atomic E-state index is -0.716. The van der Waals surface area contributed by atoms with Crippen LogP contribution in [0.4, 0.5) is 14.5 Å². The van der Waals surface area contributed by atoms with Gasteiger partial charge < -0.3 is 14.7 Å². The summed E-state index contributed by atoms with van der Waals surface area (Å²) in [5.41, 5.74) is 3.95. The number of aromatic nitrogens is 1. The molecular weight excluding hydrogens is 496 g/mol. The van der Waals surface area contributed by atoms with Crippen LogP contribution in [-0.2, 0) is 6.54 Å². The van der Waals surface area contributed by atoms with Crippen LogP contribution in [0.2, 0.25) is 0 Å². The number of anilines is 1. The zero-order valence-electron chi connectivity index (χ0n) is 21.9. The lowest BCUT2D eigenvalue weighted by Gasteiger charge is -2.39. The van der Waals surface area contributed by atoms with Crippen molar-refractivity contribution in [2.75, 3.05) is 57.3 Å². The van der Waals surface area contributed by atoms with E-state index in [-0.39, 0.29) is 17.9 Å². The molecule has 0 radical (unpaired) electrons. The monoisotopic (exact) mass is 527 g/mol. The van der Waals surface area contributed by atoms with Crippen LogP contribution >= 0.6 is 0 Å². The number of allylic oxidation sites excluding steroid dienone is 3. The molecule has 0 spiro atoms. The van der Waals surface area contributed by atoms with Gasteiger partial charge in [-0.1, -0.05) is 30.9 Å². The maximum absolute atomic E-state index is 14.9. The number of hydrogen-bond acceptors (Lipinski definition) is 7. The Hall–Kier alpha value is -4.21. The van der Waals surface area contributed by atoms with Gasteiger partial charge in [-0.2, -0.15) is 10.5 Å². The van der Waals surface area contributed by atoms with E-state index in [1.54, 1.807) is 0 Å². The number of para-hydroxylation sites is 1. The average molecular weight is 528 g/mol. The average Bonchev–Trinajstić information content (AvgIpc) is 2.98. The van der Waals surface area contributed by atoms with Crippen molar-refractivity contribution in [3.8, 4) is 12.1 Å². The maximum atomic E-state index is 14.9. The van der Waals surface area contributed by atoms with Gasteiger partial charge in [-0.05, 0) is 25.0 Å². The molecule has 1 aliphatic carbocycles. The van der Waals surface area contributed by atoms with Crippen molar-refractivity contribution in [1.82, 2.24) is 19.7 Å². The largest absolute Gasteiger partial charge is 0.368 e. The smallest absolute Gasteiger partial charge is 0.153 e. The molecule has 0 unspecified atom stereocenters. The van der Waals surface area contributed by atoms with E-state index in [2.05, 4.69) is 44.5 Å². The molecule has 39 heavy (non-hydrogen) atoms. The molecule has 0 N–H and O–H groups in total. The van der Waals surface area contributed by atoms with Crippen LogP contribution in [0.5, 0.6) is 0 Å². The summed E-state index contributed by atoms with van der Waals surface area (Å²) < 4.78 is 29.7. The van der Waals surface area contributed by atoms with E-state index in [0.717, 1.165) is 30.3 Å². The first-order valence-corrected chi connectivity index (χ1v) is 13.3. The van der Waals surface area contributed by atoms with Gasteiger partial charge >= 0.3 is 0 Å². The predicted octanol–water partition coefficient (Wildman–Crippen LogP) is 4.27. The van der Waals surface area contributed by atoms with Crippen LogP contribution in [0.25, 0.3) is 5.70 Å². The second-order valence-electron chi connectivity index (χ2n) is 9.96. The second-order valence-corrected chi connectivity index (χ2v) is 9.96. The van der Waals surface area contributed by atoms with E-state index in [1.165, 1.54) is 0 Å². The van der Waals surface area contributed by atoms with Crippen LogP contribution in [0, 0.1) is 34.3 Å². The molecule has 7 nitrogen and oxygen atoms in total. The number of nitrogens with zero attached hydrogens (tertiary/aromatic N) is 7. The van der Waals surface area contributed by atoms with E-state index < -0.39 is 11.6 Å². The van der Waals surface area contributed by atoms with E-state index in [0.29, 0.717) is 69.2 Å². The SMILES string of the molecule is C=C(c1nc(CN2CCN(c3ccccc3C#N)CC2)c(F)cc1F)N1CCN(C2=CCCC=C2C#N)CC1. The standard InChI is InChI=1S/C30H31F2N7/c1-22(37-14-16-39(17-15-37)29-9-5-3-7-24(29)20-34)30-26(32)18-25(31)27(35-30)21-36-10-12-38(13-11-36)28-8-4-2-6-23(28)19-33/h2,4,6-9,18H,1,3,5,10-17,21H2. The van der Waals surface area contributed by atoms with Crippen molar-refractivity contribution in [2.24, 2.45) is 0 Å². The Morgan fingerprint density at radius 3 is 2.28 bits per heavy atom. The van der Waals surface area contributed by atoms with Gasteiger partial charge in [0.15, 0.2) is 5.82 Å². The molecule has 2 aromatic rings. The quantitative estimate of drug-likeness (QED) is 0.556. The van der Waals surface area contributed by atoms with E-state index >= 15 is 0 Å². The fourth-order valence-corrected chi connectivity index (χ4v) is 5.45. The third-order valence-corrected chi connectivity index (χ3v) is 7.64. The Labute approximate surface area is 228 Å². The van der Waals surface area contributed by atoms with Crippen molar-refractivity contribution in [1.29, 1.82) is 10.5 Å². The maximum Gasteiger partial charge on any atom is 0.153 e. The Balaban J connectivity index is 1.22. The summed E-state index contributed by atoms with van der Waals surface area (Å²) in [4.78, 5) is 12.8. The molecule has 3 aliphatic rings. The van der Waals surface area contributed by atoms with Gasteiger partial charge in [0.25, 0.3) is 0 Å². The summed E-state index contributed by atoms with van der Waals surface area (Å²) in [5.74, 6) is -1.38. The highest BCUT2D eigenvalue weighted by Crippen LogP contribution is 2.27. The Morgan fingerprint density at radius 1 is 0.872 bits per heavy atom. The molecule has 5 rings (SSSR count). The van der Waals surface area contributed by atoms with E-state index in [1.807, 2.05) is 35.2 Å². The van der Waals surface area contributed by atoms with Crippen LogP contribution in [-0.4, -0.2) is 72.0 Å². The van der Waals surface area contributed by atoms with Crippen molar-refractivity contribution in [2.45, 2.75) is 19.4 Å². The Morgan fingerprint density at radius 2 is 1.56 bits per heavy atom. The van der Waals surface area contributed by atoms with Crippen LogP contribution in [0.15, 0.2) is 60.3 Å². The Kier molecular flexibility index (Phi) is 7.90. The fraction of sp³-hybridized carbons (Fsp3) is 0.367. The highest BCUT2D eigenvalue weighted by molar-refractivity contribution is 5.60. The van der Waals surface area contributed by atoms with E-state index in [4.69, 9.17) is 0 Å². The van der Waals surface area contributed by atoms with Crippen LogP contribution in [0.3, 0.4) is 0 Å². The number of rotatable bonds is 6. The molecule has 0 amide bonds. The van der Waals surface area contributed by atoms with Crippen molar-refractivity contribution >= 4 is 11.4 Å². The molecule has 9 heteroatoms. The lowest BCUT2D eigenvalue weighted by molar-refractivity contribution is 0.215. The minimum Gasteiger partial charge on any atom is -0.368 e. The van der Waals surface area contributed by atoms with Gasteiger partial charge in [0.05, 0.1) is 33.9 Å². The molecule has 200 valence electrons.